The van der Waals surface area contributed by atoms with E-state index < -0.39 is 11.9 Å². The number of rotatable bonds is 5. The molecule has 2 aliphatic heterocycles. The minimum absolute atomic E-state index is 0.0173. The number of fused-ring (bicyclic) bond motifs is 1. The van der Waals surface area contributed by atoms with Crippen LogP contribution in [0.3, 0.4) is 0 Å². The molecule has 2 heterocycles. The van der Waals surface area contributed by atoms with E-state index in [2.05, 4.69) is 0 Å². The predicted molar refractivity (Wildman–Crippen MR) is 135 cm³/mol. The van der Waals surface area contributed by atoms with Gasteiger partial charge in [-0.2, -0.15) is 0 Å². The zero-order chi connectivity index (χ0) is 25.6. The van der Waals surface area contributed by atoms with Crippen LogP contribution in [-0.4, -0.2) is 30.2 Å². The topological polar surface area (TPSA) is 84.0 Å². The Morgan fingerprint density at radius 1 is 1.06 bits per heavy atom. The molecule has 5 rings (SSSR count). The van der Waals surface area contributed by atoms with E-state index in [1.165, 1.54) is 4.90 Å². The molecule has 36 heavy (non-hydrogen) atoms. The van der Waals surface area contributed by atoms with Crippen molar-refractivity contribution < 1.29 is 23.9 Å². The molecule has 1 aliphatic carbocycles. The fourth-order valence-corrected chi connectivity index (χ4v) is 5.70. The average Bonchev–Trinajstić information content (AvgIpc) is 3.37. The molecule has 4 atom stereocenters. The number of benzene rings is 2. The van der Waals surface area contributed by atoms with E-state index >= 15 is 0 Å². The van der Waals surface area contributed by atoms with E-state index in [0.29, 0.717) is 23.4 Å². The van der Waals surface area contributed by atoms with Crippen LogP contribution in [0.1, 0.15) is 37.8 Å². The molecule has 2 saturated heterocycles. The van der Waals surface area contributed by atoms with Crippen LogP contribution < -0.4 is 14.5 Å². The van der Waals surface area contributed by atoms with Crippen LogP contribution in [0.25, 0.3) is 0 Å². The van der Waals surface area contributed by atoms with Crippen molar-refractivity contribution in [3.63, 3.8) is 0 Å². The second-order valence-corrected chi connectivity index (χ2v) is 9.92. The Morgan fingerprint density at radius 2 is 1.83 bits per heavy atom. The lowest BCUT2D eigenvalue weighted by Gasteiger charge is -2.22. The Balaban J connectivity index is 1.29. The van der Waals surface area contributed by atoms with Crippen molar-refractivity contribution in [1.82, 2.24) is 0 Å². The van der Waals surface area contributed by atoms with E-state index in [1.54, 1.807) is 30.0 Å². The largest absolute Gasteiger partial charge is 0.426 e. The van der Waals surface area contributed by atoms with Crippen LogP contribution in [0.5, 0.6) is 5.75 Å². The number of nitrogens with zero attached hydrogens (tertiary/aromatic N) is 2. The first kappa shape index (κ1) is 24.0. The number of carbonyl (C=O) groups is 4. The number of esters is 1. The highest BCUT2D eigenvalue weighted by molar-refractivity contribution is 6.22. The number of hydrogen-bond acceptors (Lipinski definition) is 5. The summed E-state index contributed by atoms with van der Waals surface area (Å²) in [6.45, 7) is 6.07. The van der Waals surface area contributed by atoms with Gasteiger partial charge in [0.15, 0.2) is 0 Å². The zero-order valence-corrected chi connectivity index (χ0v) is 20.8. The highest BCUT2D eigenvalue weighted by Crippen LogP contribution is 2.41. The number of hydrogen-bond donors (Lipinski definition) is 0. The van der Waals surface area contributed by atoms with Crippen molar-refractivity contribution in [3.8, 4) is 5.75 Å². The molecule has 2 aromatic carbocycles. The summed E-state index contributed by atoms with van der Waals surface area (Å²) in [5.74, 6) is -1.79. The van der Waals surface area contributed by atoms with Gasteiger partial charge >= 0.3 is 5.97 Å². The number of ether oxygens (including phenoxy) is 1. The van der Waals surface area contributed by atoms with E-state index in [9.17, 15) is 19.2 Å². The van der Waals surface area contributed by atoms with Crippen LogP contribution in [0.2, 0.25) is 0 Å². The maximum absolute atomic E-state index is 13.1. The Labute approximate surface area is 210 Å². The predicted octanol–water partition coefficient (Wildman–Crippen LogP) is 4.22. The summed E-state index contributed by atoms with van der Waals surface area (Å²) in [6, 6.07) is 12.6. The van der Waals surface area contributed by atoms with Crippen molar-refractivity contribution in [2.75, 3.05) is 16.3 Å². The third-order valence-corrected chi connectivity index (χ3v) is 7.62. The number of amides is 3. The molecular weight excluding hydrogens is 456 g/mol. The molecule has 0 saturated carbocycles. The van der Waals surface area contributed by atoms with Crippen molar-refractivity contribution in [1.29, 1.82) is 0 Å². The van der Waals surface area contributed by atoms with Gasteiger partial charge < -0.3 is 9.64 Å². The monoisotopic (exact) mass is 486 g/mol. The van der Waals surface area contributed by atoms with Crippen LogP contribution in [0.4, 0.5) is 11.4 Å². The smallest absolute Gasteiger partial charge is 0.316 e. The van der Waals surface area contributed by atoms with Crippen LogP contribution in [0, 0.1) is 30.6 Å². The van der Waals surface area contributed by atoms with Gasteiger partial charge in [0.05, 0.1) is 23.4 Å². The van der Waals surface area contributed by atoms with Crippen molar-refractivity contribution >= 4 is 35.1 Å². The molecule has 0 unspecified atom stereocenters. The molecule has 3 aliphatic rings. The second kappa shape index (κ2) is 9.37. The van der Waals surface area contributed by atoms with Crippen LogP contribution >= 0.6 is 0 Å². The normalized spacial score (nSPS) is 25.5. The first-order chi connectivity index (χ1) is 17.3. The molecule has 0 radical (unpaired) electrons. The van der Waals surface area contributed by atoms with E-state index in [1.807, 2.05) is 50.3 Å². The maximum atomic E-state index is 13.1. The first-order valence-electron chi connectivity index (χ1n) is 12.5. The third-order valence-electron chi connectivity index (χ3n) is 7.62. The summed E-state index contributed by atoms with van der Waals surface area (Å²) in [5.41, 5.74) is 3.08. The van der Waals surface area contributed by atoms with Gasteiger partial charge in [-0.3, -0.25) is 19.2 Å². The molecular formula is C29H30N2O5. The zero-order valence-electron chi connectivity index (χ0n) is 20.8. The number of aryl methyl sites for hydroxylation is 2. The minimum atomic E-state index is -0.568. The molecule has 2 fully saturated rings. The summed E-state index contributed by atoms with van der Waals surface area (Å²) < 4.78 is 5.64. The molecule has 0 spiro atoms. The van der Waals surface area contributed by atoms with E-state index in [0.717, 1.165) is 17.7 Å². The molecule has 186 valence electrons. The van der Waals surface area contributed by atoms with Crippen molar-refractivity contribution in [2.45, 2.75) is 40.0 Å². The maximum Gasteiger partial charge on any atom is 0.316 e. The number of carbonyl (C=O) groups excluding carboxylic acids is 4. The fourth-order valence-electron chi connectivity index (χ4n) is 5.70. The summed E-state index contributed by atoms with van der Waals surface area (Å²) >= 11 is 0. The standard InChI is InChI=1S/C29H30N2O5/c1-4-19-9-5-6-11-24(19)30-16-20(15-25(30)32)29(35)36-21-12-13-23(18(3)14-21)31-27(33)22-10-7-8-17(2)26(22)28(31)34/h5-9,11-14,17,20,22,26H,4,10,15-16H2,1-3H3/t17-,20+,22+,26-/m0/s1. The number of imide groups is 1. The first-order valence-corrected chi connectivity index (χ1v) is 12.5. The van der Waals surface area contributed by atoms with Gasteiger partial charge in [-0.1, -0.05) is 44.2 Å². The van der Waals surface area contributed by atoms with Gasteiger partial charge in [0.2, 0.25) is 17.7 Å². The van der Waals surface area contributed by atoms with E-state index in [-0.39, 0.29) is 48.4 Å². The SMILES string of the molecule is CCc1ccccc1N1C[C@H](C(=O)Oc2ccc(N3C(=O)[C@H]4[C@@H](C)C=CC[C@H]4C3=O)c(C)c2)CC1=O. The molecule has 7 heteroatoms. The lowest BCUT2D eigenvalue weighted by atomic mass is 9.78. The summed E-state index contributed by atoms with van der Waals surface area (Å²) in [7, 11) is 0. The average molecular weight is 487 g/mol. The molecule has 2 aromatic rings. The Hall–Kier alpha value is -3.74. The lowest BCUT2D eigenvalue weighted by Crippen LogP contribution is -2.32. The molecule has 0 N–H and O–H groups in total. The Kier molecular flexibility index (Phi) is 6.24. The number of para-hydroxylation sites is 1. The second-order valence-electron chi connectivity index (χ2n) is 9.92. The number of anilines is 2. The van der Waals surface area contributed by atoms with Gasteiger partial charge in [0, 0.05) is 18.7 Å². The molecule has 3 amide bonds. The van der Waals surface area contributed by atoms with Crippen molar-refractivity contribution in [2.24, 2.45) is 23.7 Å². The minimum Gasteiger partial charge on any atom is -0.426 e. The molecule has 7 nitrogen and oxygen atoms in total. The highest BCUT2D eigenvalue weighted by atomic mass is 16.5. The van der Waals surface area contributed by atoms with Gasteiger partial charge in [0.1, 0.15) is 5.75 Å². The highest BCUT2D eigenvalue weighted by Gasteiger charge is 2.50. The third kappa shape index (κ3) is 4.02. The van der Waals surface area contributed by atoms with E-state index in [4.69, 9.17) is 4.74 Å². The number of allylic oxidation sites excluding steroid dienone is 2. The van der Waals surface area contributed by atoms with Gasteiger partial charge in [0.25, 0.3) is 0 Å². The van der Waals surface area contributed by atoms with Gasteiger partial charge in [-0.25, -0.2) is 4.90 Å². The van der Waals surface area contributed by atoms with Crippen molar-refractivity contribution in [3.05, 3.63) is 65.7 Å². The van der Waals surface area contributed by atoms with Gasteiger partial charge in [-0.15, -0.1) is 0 Å². The summed E-state index contributed by atoms with van der Waals surface area (Å²) in [4.78, 5) is 54.8. The Bertz CT molecular complexity index is 1280. The van der Waals surface area contributed by atoms with Crippen LogP contribution in [-0.2, 0) is 25.6 Å². The fraction of sp³-hybridized carbons (Fsp3) is 0.379. The lowest BCUT2D eigenvalue weighted by molar-refractivity contribution is -0.139. The summed E-state index contributed by atoms with van der Waals surface area (Å²) in [5, 5.41) is 0. The Morgan fingerprint density at radius 3 is 2.56 bits per heavy atom. The molecule has 0 bridgehead atoms. The van der Waals surface area contributed by atoms with Crippen LogP contribution in [0.15, 0.2) is 54.6 Å². The summed E-state index contributed by atoms with van der Waals surface area (Å²) in [6.07, 6.45) is 5.44. The van der Waals surface area contributed by atoms with Gasteiger partial charge in [-0.05, 0) is 61.1 Å². The quantitative estimate of drug-likeness (QED) is 0.274. The molecule has 0 aromatic heterocycles.